The van der Waals surface area contributed by atoms with E-state index >= 15 is 0 Å². The van der Waals surface area contributed by atoms with E-state index in [-0.39, 0.29) is 0 Å². The van der Waals surface area contributed by atoms with Crippen LogP contribution < -0.4 is 0 Å². The molecule has 0 N–H and O–H groups in total. The lowest BCUT2D eigenvalue weighted by Crippen LogP contribution is -1.95. The van der Waals surface area contributed by atoms with Gasteiger partial charge in [0.1, 0.15) is 0 Å². The average Bonchev–Trinajstić information content (AvgIpc) is 2.08. The minimum Gasteiger partial charge on any atom is -0.381 e. The molecule has 1 aliphatic rings. The van der Waals surface area contributed by atoms with Crippen LogP contribution in [0, 0.1) is 0 Å². The Bertz CT molecular complexity index is 42.9. The molecule has 1 heterocycles. The van der Waals surface area contributed by atoms with Crippen LogP contribution in [0.25, 0.3) is 0 Å². The minimum atomic E-state index is 1.00. The summed E-state index contributed by atoms with van der Waals surface area (Å²) in [5.41, 5.74) is 0. The van der Waals surface area contributed by atoms with Crippen LogP contribution in [0.1, 0.15) is 51.4 Å². The molecule has 1 rings (SSSR count). The fourth-order valence-corrected chi connectivity index (χ4v) is 1.57. The van der Waals surface area contributed by atoms with Gasteiger partial charge in [-0.15, -0.1) is 0 Å². The van der Waals surface area contributed by atoms with Gasteiger partial charge in [-0.1, -0.05) is 38.5 Å². The van der Waals surface area contributed by atoms with E-state index in [4.69, 9.17) is 4.74 Å². The molecule has 0 saturated carbocycles. The Morgan fingerprint density at radius 2 is 0.818 bits per heavy atom. The monoisotopic (exact) mass is 156 g/mol. The molecule has 0 spiro atoms. The lowest BCUT2D eigenvalue weighted by molar-refractivity contribution is 0.127. The normalized spacial score (nSPS) is 24.0. The predicted molar refractivity (Wildman–Crippen MR) is 47.8 cm³/mol. The second-order valence-electron chi connectivity index (χ2n) is 3.44. The topological polar surface area (TPSA) is 9.23 Å². The molecule has 11 heavy (non-hydrogen) atoms. The standard InChI is InChI=1S/C10H20O/c1-2-4-6-8-10-11-9-7-5-3-1/h1-10H2. The molecule has 1 fully saturated rings. The van der Waals surface area contributed by atoms with Gasteiger partial charge in [0.25, 0.3) is 0 Å². The van der Waals surface area contributed by atoms with Crippen LogP contribution in [0.4, 0.5) is 0 Å². The van der Waals surface area contributed by atoms with Crippen molar-refractivity contribution in [2.75, 3.05) is 13.2 Å². The third-order valence-corrected chi connectivity index (χ3v) is 2.33. The van der Waals surface area contributed by atoms with E-state index in [0.717, 1.165) is 13.2 Å². The highest BCUT2D eigenvalue weighted by atomic mass is 16.5. The van der Waals surface area contributed by atoms with Crippen molar-refractivity contribution in [3.8, 4) is 0 Å². The summed E-state index contributed by atoms with van der Waals surface area (Å²) in [6, 6.07) is 0. The van der Waals surface area contributed by atoms with Crippen molar-refractivity contribution in [2.24, 2.45) is 0 Å². The Labute approximate surface area is 70.1 Å². The molecule has 0 aromatic carbocycles. The summed E-state index contributed by atoms with van der Waals surface area (Å²) in [5, 5.41) is 0. The largest absolute Gasteiger partial charge is 0.381 e. The molecule has 1 nitrogen and oxygen atoms in total. The quantitative estimate of drug-likeness (QED) is 0.523. The molecule has 0 radical (unpaired) electrons. The van der Waals surface area contributed by atoms with Gasteiger partial charge in [-0.25, -0.2) is 0 Å². The molecule has 0 amide bonds. The highest BCUT2D eigenvalue weighted by Gasteiger charge is 1.95. The van der Waals surface area contributed by atoms with Gasteiger partial charge in [0.05, 0.1) is 0 Å². The minimum absolute atomic E-state index is 1.00. The Kier molecular flexibility index (Phi) is 5.48. The van der Waals surface area contributed by atoms with E-state index in [1.54, 1.807) is 0 Å². The third kappa shape index (κ3) is 5.25. The Hall–Kier alpha value is -0.0400. The van der Waals surface area contributed by atoms with Crippen LogP contribution in [0.3, 0.4) is 0 Å². The van der Waals surface area contributed by atoms with E-state index < -0.39 is 0 Å². The van der Waals surface area contributed by atoms with Crippen LogP contribution in [0.2, 0.25) is 0 Å². The van der Waals surface area contributed by atoms with Crippen molar-refractivity contribution >= 4 is 0 Å². The SMILES string of the molecule is C1CCCCCOCCCC1. The van der Waals surface area contributed by atoms with E-state index in [9.17, 15) is 0 Å². The zero-order valence-corrected chi connectivity index (χ0v) is 7.48. The average molecular weight is 156 g/mol. The summed E-state index contributed by atoms with van der Waals surface area (Å²) in [6.45, 7) is 2.00. The zero-order chi connectivity index (χ0) is 7.78. The van der Waals surface area contributed by atoms with Crippen molar-refractivity contribution in [3.05, 3.63) is 0 Å². The van der Waals surface area contributed by atoms with Crippen molar-refractivity contribution in [3.63, 3.8) is 0 Å². The number of hydrogen-bond donors (Lipinski definition) is 0. The lowest BCUT2D eigenvalue weighted by Gasteiger charge is -2.00. The number of rotatable bonds is 0. The maximum Gasteiger partial charge on any atom is 0.0466 e. The third-order valence-electron chi connectivity index (χ3n) is 2.33. The van der Waals surface area contributed by atoms with Gasteiger partial charge in [0.15, 0.2) is 0 Å². The van der Waals surface area contributed by atoms with Crippen LogP contribution in [0.15, 0.2) is 0 Å². The second-order valence-corrected chi connectivity index (χ2v) is 3.44. The number of ether oxygens (including phenoxy) is 1. The molecule has 0 aromatic heterocycles. The van der Waals surface area contributed by atoms with Crippen molar-refractivity contribution < 1.29 is 4.74 Å². The lowest BCUT2D eigenvalue weighted by atomic mass is 10.1. The van der Waals surface area contributed by atoms with Crippen LogP contribution >= 0.6 is 0 Å². The Morgan fingerprint density at radius 3 is 1.27 bits per heavy atom. The maximum absolute atomic E-state index is 5.47. The highest BCUT2D eigenvalue weighted by molar-refractivity contribution is 4.48. The molecule has 0 unspecified atom stereocenters. The van der Waals surface area contributed by atoms with E-state index in [2.05, 4.69) is 0 Å². The molecule has 0 bridgehead atoms. The first-order valence-corrected chi connectivity index (χ1v) is 5.08. The van der Waals surface area contributed by atoms with Gasteiger partial charge >= 0.3 is 0 Å². The van der Waals surface area contributed by atoms with Crippen molar-refractivity contribution in [1.82, 2.24) is 0 Å². The van der Waals surface area contributed by atoms with Crippen molar-refractivity contribution in [2.45, 2.75) is 51.4 Å². The first-order valence-electron chi connectivity index (χ1n) is 5.08. The first-order chi connectivity index (χ1) is 5.50. The summed E-state index contributed by atoms with van der Waals surface area (Å²) in [6.07, 6.45) is 11.0. The molecule has 1 saturated heterocycles. The fourth-order valence-electron chi connectivity index (χ4n) is 1.57. The Morgan fingerprint density at radius 1 is 0.455 bits per heavy atom. The molecule has 0 aliphatic carbocycles. The molecular weight excluding hydrogens is 136 g/mol. The maximum atomic E-state index is 5.47. The molecule has 66 valence electrons. The predicted octanol–water partition coefficient (Wildman–Crippen LogP) is 3.14. The molecular formula is C10H20O. The van der Waals surface area contributed by atoms with Gasteiger partial charge in [-0.2, -0.15) is 0 Å². The second kappa shape index (κ2) is 6.66. The zero-order valence-electron chi connectivity index (χ0n) is 7.48. The van der Waals surface area contributed by atoms with Gasteiger partial charge in [0, 0.05) is 13.2 Å². The van der Waals surface area contributed by atoms with Gasteiger partial charge in [0.2, 0.25) is 0 Å². The Balaban J connectivity index is 2.02. The van der Waals surface area contributed by atoms with Gasteiger partial charge < -0.3 is 4.74 Å². The molecule has 1 heteroatoms. The first kappa shape index (κ1) is 9.05. The highest BCUT2D eigenvalue weighted by Crippen LogP contribution is 2.10. The van der Waals surface area contributed by atoms with Crippen LogP contribution in [-0.2, 0) is 4.74 Å². The summed E-state index contributed by atoms with van der Waals surface area (Å²) in [4.78, 5) is 0. The number of hydrogen-bond acceptors (Lipinski definition) is 1. The van der Waals surface area contributed by atoms with Crippen LogP contribution in [0.5, 0.6) is 0 Å². The molecule has 0 atom stereocenters. The van der Waals surface area contributed by atoms with E-state index in [0.29, 0.717) is 0 Å². The summed E-state index contributed by atoms with van der Waals surface area (Å²) in [7, 11) is 0. The van der Waals surface area contributed by atoms with Gasteiger partial charge in [-0.3, -0.25) is 0 Å². The van der Waals surface area contributed by atoms with Crippen molar-refractivity contribution in [1.29, 1.82) is 0 Å². The molecule has 0 aromatic rings. The smallest absolute Gasteiger partial charge is 0.0466 e. The van der Waals surface area contributed by atoms with Gasteiger partial charge in [-0.05, 0) is 12.8 Å². The van der Waals surface area contributed by atoms with E-state index in [1.165, 1.54) is 51.4 Å². The van der Waals surface area contributed by atoms with Crippen LogP contribution in [-0.4, -0.2) is 13.2 Å². The fraction of sp³-hybridized carbons (Fsp3) is 1.00. The summed E-state index contributed by atoms with van der Waals surface area (Å²) >= 11 is 0. The summed E-state index contributed by atoms with van der Waals surface area (Å²) in [5.74, 6) is 0. The molecule has 1 aliphatic heterocycles. The summed E-state index contributed by atoms with van der Waals surface area (Å²) < 4.78 is 5.47. The van der Waals surface area contributed by atoms with E-state index in [1.807, 2.05) is 0 Å².